The number of hydrogen-bond donors (Lipinski definition) is 0. The first-order chi connectivity index (χ1) is 8.04. The Balaban J connectivity index is 2.67. The lowest BCUT2D eigenvalue weighted by Gasteiger charge is -2.08. The molecule has 1 unspecified atom stereocenters. The summed E-state index contributed by atoms with van der Waals surface area (Å²) in [5.41, 5.74) is 0.233. The van der Waals surface area contributed by atoms with Crippen molar-refractivity contribution in [1.29, 1.82) is 0 Å². The summed E-state index contributed by atoms with van der Waals surface area (Å²) in [7, 11) is 0. The van der Waals surface area contributed by atoms with Gasteiger partial charge < -0.3 is 4.74 Å². The Hall–Kier alpha value is -1.23. The smallest absolute Gasteiger partial charge is 0.307 e. The molecule has 0 aliphatic carbocycles. The molecule has 0 N–H and O–H groups in total. The normalized spacial score (nSPS) is 11.9. The summed E-state index contributed by atoms with van der Waals surface area (Å²) in [6, 6.07) is 5.35. The molecule has 0 amide bonds. The number of ketones is 1. The molecule has 0 saturated heterocycles. The summed E-state index contributed by atoms with van der Waals surface area (Å²) in [5.74, 6) is -1.27. The molecule has 3 nitrogen and oxygen atoms in total. The average molecular weight is 303 g/mol. The summed E-state index contributed by atoms with van der Waals surface area (Å²) in [6.07, 6.45) is -0.0663. The summed E-state index contributed by atoms with van der Waals surface area (Å²) >= 11 is 3.10. The Kier molecular flexibility index (Phi) is 5.28. The van der Waals surface area contributed by atoms with Crippen molar-refractivity contribution in [3.63, 3.8) is 0 Å². The van der Waals surface area contributed by atoms with Crippen LogP contribution in [0.2, 0.25) is 0 Å². The number of esters is 1. The van der Waals surface area contributed by atoms with E-state index in [0.29, 0.717) is 0 Å². The van der Waals surface area contributed by atoms with Crippen LogP contribution in [0, 0.1) is 5.82 Å². The maximum atomic E-state index is 12.9. The van der Waals surface area contributed by atoms with Crippen molar-refractivity contribution in [2.45, 2.75) is 18.2 Å². The lowest BCUT2D eigenvalue weighted by molar-refractivity contribution is -0.142. The fourth-order valence-electron chi connectivity index (χ4n) is 1.28. The van der Waals surface area contributed by atoms with Crippen LogP contribution in [-0.4, -0.2) is 23.2 Å². The van der Waals surface area contributed by atoms with Crippen LogP contribution in [0.25, 0.3) is 0 Å². The molecule has 0 bridgehead atoms. The molecule has 1 atom stereocenters. The van der Waals surface area contributed by atoms with E-state index < -0.39 is 16.6 Å². The number of halogens is 2. The SMILES string of the molecule is CCOC(=O)CC(Br)C(=O)c1cccc(F)c1. The van der Waals surface area contributed by atoms with Crippen molar-refractivity contribution in [3.05, 3.63) is 35.6 Å². The van der Waals surface area contributed by atoms with Gasteiger partial charge in [-0.2, -0.15) is 0 Å². The van der Waals surface area contributed by atoms with Crippen molar-refractivity contribution >= 4 is 27.7 Å². The molecule has 0 heterocycles. The Labute approximate surface area is 107 Å². The van der Waals surface area contributed by atoms with Gasteiger partial charge in [0.25, 0.3) is 0 Å². The van der Waals surface area contributed by atoms with Crippen LogP contribution in [0.4, 0.5) is 4.39 Å². The second-order valence-corrected chi connectivity index (χ2v) is 4.46. The van der Waals surface area contributed by atoms with Crippen LogP contribution >= 0.6 is 15.9 Å². The van der Waals surface area contributed by atoms with E-state index in [-0.39, 0.29) is 24.4 Å². The Morgan fingerprint density at radius 3 is 2.76 bits per heavy atom. The molecule has 92 valence electrons. The van der Waals surface area contributed by atoms with Crippen molar-refractivity contribution in [2.24, 2.45) is 0 Å². The molecule has 0 spiro atoms. The van der Waals surface area contributed by atoms with E-state index in [1.165, 1.54) is 18.2 Å². The third-order valence-electron chi connectivity index (χ3n) is 2.04. The molecule has 1 aromatic carbocycles. The second-order valence-electron chi connectivity index (χ2n) is 3.35. The molecule has 1 aromatic rings. The van der Waals surface area contributed by atoms with E-state index in [1.54, 1.807) is 6.92 Å². The molecule has 5 heteroatoms. The molecule has 1 rings (SSSR count). The molecular weight excluding hydrogens is 291 g/mol. The quantitative estimate of drug-likeness (QED) is 0.477. The predicted octanol–water partition coefficient (Wildman–Crippen LogP) is 2.73. The highest BCUT2D eigenvalue weighted by Gasteiger charge is 2.21. The number of benzene rings is 1. The number of carbonyl (C=O) groups excluding carboxylic acids is 2. The van der Waals surface area contributed by atoms with E-state index in [9.17, 15) is 14.0 Å². The van der Waals surface area contributed by atoms with Gasteiger partial charge in [0.05, 0.1) is 17.9 Å². The van der Waals surface area contributed by atoms with Crippen LogP contribution in [0.1, 0.15) is 23.7 Å². The van der Waals surface area contributed by atoms with E-state index >= 15 is 0 Å². The number of hydrogen-bond acceptors (Lipinski definition) is 3. The zero-order valence-electron chi connectivity index (χ0n) is 9.28. The van der Waals surface area contributed by atoms with Gasteiger partial charge in [-0.1, -0.05) is 28.1 Å². The summed E-state index contributed by atoms with van der Waals surface area (Å²) in [5, 5.41) is 0. The van der Waals surface area contributed by atoms with Crippen molar-refractivity contribution in [3.8, 4) is 0 Å². The minimum absolute atomic E-state index is 0.0663. The molecule has 0 fully saturated rings. The van der Waals surface area contributed by atoms with Crippen LogP contribution in [0.3, 0.4) is 0 Å². The predicted molar refractivity (Wildman–Crippen MR) is 64.7 cm³/mol. The minimum Gasteiger partial charge on any atom is -0.466 e. The van der Waals surface area contributed by atoms with Gasteiger partial charge in [-0.25, -0.2) is 4.39 Å². The molecule has 0 aromatic heterocycles. The van der Waals surface area contributed by atoms with Crippen LogP contribution < -0.4 is 0 Å². The number of carbonyl (C=O) groups is 2. The summed E-state index contributed by atoms with van der Waals surface area (Å²) in [6.45, 7) is 1.96. The van der Waals surface area contributed by atoms with E-state index in [2.05, 4.69) is 15.9 Å². The average Bonchev–Trinajstić information content (AvgIpc) is 2.28. The standard InChI is InChI=1S/C12H12BrFO3/c1-2-17-11(15)7-10(13)12(16)8-4-3-5-9(14)6-8/h3-6,10H,2,7H2,1H3. The molecule has 17 heavy (non-hydrogen) atoms. The van der Waals surface area contributed by atoms with Gasteiger partial charge >= 0.3 is 5.97 Å². The third kappa shape index (κ3) is 4.26. The first-order valence-electron chi connectivity index (χ1n) is 5.14. The number of Topliss-reactive ketones (excluding diaryl/α,β-unsaturated/α-hetero) is 1. The fraction of sp³-hybridized carbons (Fsp3) is 0.333. The Bertz CT molecular complexity index is 420. The molecule has 0 radical (unpaired) electrons. The zero-order chi connectivity index (χ0) is 12.8. The minimum atomic E-state index is -0.691. The first kappa shape index (κ1) is 13.8. The lowest BCUT2D eigenvalue weighted by Crippen LogP contribution is -2.20. The second kappa shape index (κ2) is 6.49. The Morgan fingerprint density at radius 2 is 2.18 bits per heavy atom. The van der Waals surface area contributed by atoms with Crippen molar-refractivity contribution < 1.29 is 18.7 Å². The van der Waals surface area contributed by atoms with Crippen molar-refractivity contribution in [1.82, 2.24) is 0 Å². The summed E-state index contributed by atoms with van der Waals surface area (Å²) < 4.78 is 17.6. The number of ether oxygens (including phenoxy) is 1. The molecule has 0 aliphatic heterocycles. The third-order valence-corrected chi connectivity index (χ3v) is 2.78. The van der Waals surface area contributed by atoms with E-state index in [0.717, 1.165) is 6.07 Å². The van der Waals surface area contributed by atoms with Crippen LogP contribution in [0.5, 0.6) is 0 Å². The number of rotatable bonds is 5. The monoisotopic (exact) mass is 302 g/mol. The van der Waals surface area contributed by atoms with Gasteiger partial charge in [-0.15, -0.1) is 0 Å². The molecular formula is C12H12BrFO3. The van der Waals surface area contributed by atoms with Gasteiger partial charge in [-0.05, 0) is 19.1 Å². The van der Waals surface area contributed by atoms with Gasteiger partial charge in [-0.3, -0.25) is 9.59 Å². The van der Waals surface area contributed by atoms with Gasteiger partial charge in [0.1, 0.15) is 5.82 Å². The Morgan fingerprint density at radius 1 is 1.47 bits per heavy atom. The van der Waals surface area contributed by atoms with Crippen molar-refractivity contribution in [2.75, 3.05) is 6.61 Å². The lowest BCUT2D eigenvalue weighted by atomic mass is 10.1. The van der Waals surface area contributed by atoms with Gasteiger partial charge in [0.2, 0.25) is 0 Å². The maximum Gasteiger partial charge on any atom is 0.307 e. The highest BCUT2D eigenvalue weighted by molar-refractivity contribution is 9.10. The first-order valence-corrected chi connectivity index (χ1v) is 6.05. The fourth-order valence-corrected chi connectivity index (χ4v) is 1.81. The summed E-state index contributed by atoms with van der Waals surface area (Å²) in [4.78, 5) is 22.3. The maximum absolute atomic E-state index is 12.9. The van der Waals surface area contributed by atoms with E-state index in [4.69, 9.17) is 4.74 Å². The number of alkyl halides is 1. The van der Waals surface area contributed by atoms with E-state index in [1.807, 2.05) is 0 Å². The zero-order valence-corrected chi connectivity index (χ0v) is 10.9. The largest absolute Gasteiger partial charge is 0.466 e. The molecule has 0 aliphatic rings. The topological polar surface area (TPSA) is 43.4 Å². The van der Waals surface area contributed by atoms with Gasteiger partial charge in [0, 0.05) is 5.56 Å². The van der Waals surface area contributed by atoms with Crippen LogP contribution in [0.15, 0.2) is 24.3 Å². The highest BCUT2D eigenvalue weighted by Crippen LogP contribution is 2.15. The highest BCUT2D eigenvalue weighted by atomic mass is 79.9. The van der Waals surface area contributed by atoms with Gasteiger partial charge in [0.15, 0.2) is 5.78 Å². The molecule has 0 saturated carbocycles. The van der Waals surface area contributed by atoms with Crippen LogP contribution in [-0.2, 0) is 9.53 Å².